The Bertz CT molecular complexity index is 811. The number of aromatic carboxylic acids is 1. The summed E-state index contributed by atoms with van der Waals surface area (Å²) in [5, 5.41) is 10.2. The molecule has 1 N–H and O–H groups in total. The van der Waals surface area contributed by atoms with Crippen LogP contribution in [-0.4, -0.2) is 27.3 Å². The predicted octanol–water partition coefficient (Wildman–Crippen LogP) is 2.38. The number of hydrogen-bond acceptors (Lipinski definition) is 2. The third-order valence-electron chi connectivity index (χ3n) is 3.60. The van der Waals surface area contributed by atoms with Crippen LogP contribution in [0.15, 0.2) is 24.3 Å². The van der Waals surface area contributed by atoms with Gasteiger partial charge in [-0.1, -0.05) is 12.1 Å². The van der Waals surface area contributed by atoms with Crippen LogP contribution in [0.3, 0.4) is 0 Å². The minimum Gasteiger partial charge on any atom is -0.495 e. The summed E-state index contributed by atoms with van der Waals surface area (Å²) < 4.78 is 9.05. The molecule has 3 aromatic rings. The average molecular weight is 258 g/mol. The smallest absolute Gasteiger partial charge is 0.352 e. The standard InChI is InChI=1S/C14H14N2O3/c1-15-9-7-10(14(17)18)16(2)12(9)8-5-4-6-11(19-3)13(8)15/h4-7H,1-3H3,(H,17,18). The van der Waals surface area contributed by atoms with Crippen LogP contribution in [-0.2, 0) is 14.1 Å². The molecule has 19 heavy (non-hydrogen) atoms. The molecule has 0 atom stereocenters. The highest BCUT2D eigenvalue weighted by molar-refractivity contribution is 6.10. The molecule has 0 unspecified atom stereocenters. The Morgan fingerprint density at radius 2 is 1.95 bits per heavy atom. The molecule has 0 saturated carbocycles. The summed E-state index contributed by atoms with van der Waals surface area (Å²) in [4.78, 5) is 11.2. The normalized spacial score (nSPS) is 11.3. The number of carbonyl (C=O) groups is 1. The lowest BCUT2D eigenvalue weighted by Gasteiger charge is -2.05. The maximum atomic E-state index is 11.2. The van der Waals surface area contributed by atoms with Gasteiger partial charge in [-0.2, -0.15) is 0 Å². The summed E-state index contributed by atoms with van der Waals surface area (Å²) in [6.45, 7) is 0. The maximum Gasteiger partial charge on any atom is 0.352 e. The van der Waals surface area contributed by atoms with E-state index in [2.05, 4.69) is 0 Å². The van der Waals surface area contributed by atoms with Crippen molar-refractivity contribution in [1.82, 2.24) is 9.13 Å². The Labute approximate surface area is 109 Å². The molecule has 5 heteroatoms. The predicted molar refractivity (Wildman–Crippen MR) is 72.9 cm³/mol. The van der Waals surface area contributed by atoms with E-state index in [0.29, 0.717) is 0 Å². The SMILES string of the molecule is COc1cccc2c3c(cc(C(=O)O)n3C)n(C)c12. The average Bonchev–Trinajstić information content (AvgIpc) is 2.87. The van der Waals surface area contributed by atoms with Crippen LogP contribution in [0, 0.1) is 0 Å². The van der Waals surface area contributed by atoms with Crippen molar-refractivity contribution in [1.29, 1.82) is 0 Å². The zero-order valence-corrected chi connectivity index (χ0v) is 11.0. The molecular formula is C14H14N2O3. The Morgan fingerprint density at radius 1 is 1.21 bits per heavy atom. The molecule has 0 aliphatic rings. The van der Waals surface area contributed by atoms with Gasteiger partial charge in [-0.3, -0.25) is 0 Å². The van der Waals surface area contributed by atoms with Crippen LogP contribution >= 0.6 is 0 Å². The van der Waals surface area contributed by atoms with E-state index >= 15 is 0 Å². The van der Waals surface area contributed by atoms with Crippen molar-refractivity contribution >= 4 is 27.9 Å². The maximum absolute atomic E-state index is 11.2. The Balaban J connectivity index is 2.53. The second-order valence-corrected chi connectivity index (χ2v) is 4.54. The van der Waals surface area contributed by atoms with Crippen LogP contribution in [0.2, 0.25) is 0 Å². The first-order valence-corrected chi connectivity index (χ1v) is 5.90. The first-order valence-electron chi connectivity index (χ1n) is 5.90. The second-order valence-electron chi connectivity index (χ2n) is 4.54. The van der Waals surface area contributed by atoms with Gasteiger partial charge in [0.25, 0.3) is 0 Å². The van der Waals surface area contributed by atoms with Gasteiger partial charge >= 0.3 is 5.97 Å². The minimum absolute atomic E-state index is 0.283. The van der Waals surface area contributed by atoms with Gasteiger partial charge in [0.1, 0.15) is 11.4 Å². The summed E-state index contributed by atoms with van der Waals surface area (Å²) >= 11 is 0. The van der Waals surface area contributed by atoms with Crippen molar-refractivity contribution in [3.63, 3.8) is 0 Å². The number of ether oxygens (including phenoxy) is 1. The van der Waals surface area contributed by atoms with Crippen LogP contribution in [0.25, 0.3) is 21.9 Å². The molecule has 0 bridgehead atoms. The van der Waals surface area contributed by atoms with E-state index in [4.69, 9.17) is 4.74 Å². The molecule has 0 amide bonds. The van der Waals surface area contributed by atoms with E-state index in [-0.39, 0.29) is 5.69 Å². The molecule has 0 radical (unpaired) electrons. The molecule has 1 aromatic carbocycles. The number of nitrogens with zero attached hydrogens (tertiary/aromatic N) is 2. The number of aryl methyl sites for hydroxylation is 2. The van der Waals surface area contributed by atoms with E-state index in [1.165, 1.54) is 0 Å². The zero-order valence-electron chi connectivity index (χ0n) is 11.0. The number of hydrogen-bond donors (Lipinski definition) is 1. The van der Waals surface area contributed by atoms with Gasteiger partial charge in [0.05, 0.1) is 23.7 Å². The second kappa shape index (κ2) is 3.78. The lowest BCUT2D eigenvalue weighted by Crippen LogP contribution is -2.03. The highest BCUT2D eigenvalue weighted by atomic mass is 16.5. The molecule has 5 nitrogen and oxygen atoms in total. The van der Waals surface area contributed by atoms with Gasteiger partial charge < -0.3 is 19.0 Å². The van der Waals surface area contributed by atoms with Crippen LogP contribution in [0.5, 0.6) is 5.75 Å². The summed E-state index contributed by atoms with van der Waals surface area (Å²) in [7, 11) is 5.32. The number of benzene rings is 1. The number of carboxylic acids is 1. The van der Waals surface area contributed by atoms with Crippen LogP contribution < -0.4 is 4.74 Å². The quantitative estimate of drug-likeness (QED) is 0.767. The topological polar surface area (TPSA) is 56.4 Å². The molecule has 2 heterocycles. The molecule has 98 valence electrons. The first-order chi connectivity index (χ1) is 9.06. The Morgan fingerprint density at radius 3 is 2.58 bits per heavy atom. The monoisotopic (exact) mass is 258 g/mol. The molecule has 0 aliphatic heterocycles. The fourth-order valence-corrected chi connectivity index (χ4v) is 2.71. The number of methoxy groups -OCH3 is 1. The third kappa shape index (κ3) is 1.38. The van der Waals surface area contributed by atoms with Gasteiger partial charge in [-0.05, 0) is 12.1 Å². The van der Waals surface area contributed by atoms with Crippen molar-refractivity contribution in [2.45, 2.75) is 0 Å². The van der Waals surface area contributed by atoms with Gasteiger partial charge in [0.15, 0.2) is 0 Å². The molecule has 3 rings (SSSR count). The fourth-order valence-electron chi connectivity index (χ4n) is 2.71. The molecular weight excluding hydrogens is 244 g/mol. The minimum atomic E-state index is -0.922. The number of para-hydroxylation sites is 1. The van der Waals surface area contributed by atoms with Crippen molar-refractivity contribution in [2.75, 3.05) is 7.11 Å². The number of aromatic nitrogens is 2. The van der Waals surface area contributed by atoms with E-state index in [0.717, 1.165) is 27.7 Å². The molecule has 0 spiro atoms. The third-order valence-corrected chi connectivity index (χ3v) is 3.60. The Kier molecular flexibility index (Phi) is 2.32. The van der Waals surface area contributed by atoms with Crippen molar-refractivity contribution in [3.8, 4) is 5.75 Å². The molecule has 0 aliphatic carbocycles. The van der Waals surface area contributed by atoms with E-state index in [9.17, 15) is 9.90 Å². The van der Waals surface area contributed by atoms with E-state index < -0.39 is 5.97 Å². The number of fused-ring (bicyclic) bond motifs is 3. The van der Waals surface area contributed by atoms with Crippen LogP contribution in [0.1, 0.15) is 10.5 Å². The highest BCUT2D eigenvalue weighted by Gasteiger charge is 2.19. The van der Waals surface area contributed by atoms with Crippen molar-refractivity contribution in [3.05, 3.63) is 30.0 Å². The number of rotatable bonds is 2. The lowest BCUT2D eigenvalue weighted by atomic mass is 10.2. The summed E-state index contributed by atoms with van der Waals surface area (Å²) in [5.41, 5.74) is 3.06. The molecule has 2 aromatic heterocycles. The highest BCUT2D eigenvalue weighted by Crippen LogP contribution is 2.35. The van der Waals surface area contributed by atoms with Gasteiger partial charge in [0.2, 0.25) is 0 Å². The lowest BCUT2D eigenvalue weighted by molar-refractivity contribution is 0.0687. The number of carboxylic acid groups (broad SMARTS) is 1. The fraction of sp³-hybridized carbons (Fsp3) is 0.214. The molecule has 0 saturated heterocycles. The Hall–Kier alpha value is -2.43. The first kappa shape index (κ1) is 11.6. The van der Waals surface area contributed by atoms with Crippen molar-refractivity contribution in [2.24, 2.45) is 14.1 Å². The van der Waals surface area contributed by atoms with E-state index in [1.54, 1.807) is 24.8 Å². The van der Waals surface area contributed by atoms with Gasteiger partial charge in [-0.15, -0.1) is 0 Å². The largest absolute Gasteiger partial charge is 0.495 e. The summed E-state index contributed by atoms with van der Waals surface area (Å²) in [5.74, 6) is -0.136. The molecule has 0 fully saturated rings. The zero-order chi connectivity index (χ0) is 13.7. The summed E-state index contributed by atoms with van der Waals surface area (Å²) in [6.07, 6.45) is 0. The van der Waals surface area contributed by atoms with Gasteiger partial charge in [-0.25, -0.2) is 4.79 Å². The van der Waals surface area contributed by atoms with Crippen LogP contribution in [0.4, 0.5) is 0 Å². The van der Waals surface area contributed by atoms with Gasteiger partial charge in [0, 0.05) is 19.5 Å². The van der Waals surface area contributed by atoms with Crippen molar-refractivity contribution < 1.29 is 14.6 Å². The summed E-state index contributed by atoms with van der Waals surface area (Å²) in [6, 6.07) is 7.48. The van der Waals surface area contributed by atoms with E-state index in [1.807, 2.05) is 29.8 Å².